The molecule has 2 rings (SSSR count). The number of halogens is 2. The number of aromatic amines is 1. The molecule has 0 unspecified atom stereocenters. The van der Waals surface area contributed by atoms with Crippen LogP contribution in [-0.2, 0) is 0 Å². The van der Waals surface area contributed by atoms with E-state index in [1.54, 1.807) is 6.07 Å². The fourth-order valence-electron chi connectivity index (χ4n) is 1.93. The summed E-state index contributed by atoms with van der Waals surface area (Å²) in [5.74, 6) is 1.17. The first-order valence-electron chi connectivity index (χ1n) is 5.04. The summed E-state index contributed by atoms with van der Waals surface area (Å²) in [6.07, 6.45) is 2.16. The lowest BCUT2D eigenvalue weighted by Crippen LogP contribution is -2.28. The van der Waals surface area contributed by atoms with E-state index >= 15 is 0 Å². The van der Waals surface area contributed by atoms with Crippen LogP contribution in [0.4, 0.5) is 0 Å². The number of nitrogens with one attached hydrogen (secondary N) is 2. The number of rotatable bonds is 1. The lowest BCUT2D eigenvalue weighted by Gasteiger charge is -2.21. The van der Waals surface area contributed by atoms with Crippen molar-refractivity contribution in [3.05, 3.63) is 27.9 Å². The van der Waals surface area contributed by atoms with Gasteiger partial charge in [0.05, 0.1) is 5.69 Å². The highest BCUT2D eigenvalue weighted by molar-refractivity contribution is 5.85. The molecular formula is C10H19Cl2N3O2. The zero-order chi connectivity index (χ0) is 9.97. The van der Waals surface area contributed by atoms with Crippen LogP contribution < -0.4 is 10.9 Å². The molecule has 1 aromatic rings. The molecule has 0 spiro atoms. The number of hydrogen-bond acceptors (Lipinski definition) is 3. The summed E-state index contributed by atoms with van der Waals surface area (Å²) < 4.78 is 0. The SMILES string of the molecule is Cc1nc(C2CCNCC2)cc(=O)[nH]1.Cl.Cl.O. The van der Waals surface area contributed by atoms with E-state index in [2.05, 4.69) is 15.3 Å². The Kier molecular flexibility index (Phi) is 9.33. The zero-order valence-electron chi connectivity index (χ0n) is 9.66. The van der Waals surface area contributed by atoms with Crippen molar-refractivity contribution < 1.29 is 5.48 Å². The van der Waals surface area contributed by atoms with E-state index < -0.39 is 0 Å². The maximum Gasteiger partial charge on any atom is 0.251 e. The number of H-pyrrole nitrogens is 1. The Hall–Kier alpha value is -0.620. The Morgan fingerprint density at radius 3 is 2.41 bits per heavy atom. The fourth-order valence-corrected chi connectivity index (χ4v) is 1.93. The van der Waals surface area contributed by atoms with Gasteiger partial charge in [-0.2, -0.15) is 0 Å². The zero-order valence-corrected chi connectivity index (χ0v) is 11.3. The van der Waals surface area contributed by atoms with Crippen LogP contribution in [0, 0.1) is 6.92 Å². The number of nitrogens with zero attached hydrogens (tertiary/aromatic N) is 1. The summed E-state index contributed by atoms with van der Waals surface area (Å²) in [5, 5.41) is 3.30. The van der Waals surface area contributed by atoms with Crippen molar-refractivity contribution >= 4 is 24.8 Å². The minimum absolute atomic E-state index is 0. The quantitative estimate of drug-likeness (QED) is 0.789. The number of aryl methyl sites for hydroxylation is 1. The van der Waals surface area contributed by atoms with Crippen molar-refractivity contribution in [3.63, 3.8) is 0 Å². The van der Waals surface area contributed by atoms with Crippen molar-refractivity contribution in [2.45, 2.75) is 25.7 Å². The molecule has 0 bridgehead atoms. The van der Waals surface area contributed by atoms with Gasteiger partial charge in [0.25, 0.3) is 5.56 Å². The molecule has 0 amide bonds. The highest BCUT2D eigenvalue weighted by Crippen LogP contribution is 2.21. The largest absolute Gasteiger partial charge is 0.412 e. The van der Waals surface area contributed by atoms with Gasteiger partial charge < -0.3 is 15.8 Å². The van der Waals surface area contributed by atoms with Gasteiger partial charge in [-0.05, 0) is 32.9 Å². The van der Waals surface area contributed by atoms with Crippen molar-refractivity contribution in [2.75, 3.05) is 13.1 Å². The third-order valence-electron chi connectivity index (χ3n) is 2.64. The highest BCUT2D eigenvalue weighted by Gasteiger charge is 2.16. The smallest absolute Gasteiger partial charge is 0.251 e. The molecular weight excluding hydrogens is 265 g/mol. The Morgan fingerprint density at radius 2 is 1.88 bits per heavy atom. The molecule has 0 radical (unpaired) electrons. The van der Waals surface area contributed by atoms with E-state index in [9.17, 15) is 4.79 Å². The Bertz CT molecular complexity index is 378. The molecule has 1 aromatic heterocycles. The van der Waals surface area contributed by atoms with Gasteiger partial charge >= 0.3 is 0 Å². The van der Waals surface area contributed by atoms with Crippen LogP contribution in [0.1, 0.15) is 30.3 Å². The molecule has 1 fully saturated rings. The van der Waals surface area contributed by atoms with E-state index in [4.69, 9.17) is 0 Å². The molecule has 1 saturated heterocycles. The first kappa shape index (κ1) is 18.7. The van der Waals surface area contributed by atoms with Gasteiger partial charge in [-0.3, -0.25) is 4.79 Å². The maximum absolute atomic E-state index is 11.2. The van der Waals surface area contributed by atoms with Crippen LogP contribution in [-0.4, -0.2) is 28.5 Å². The molecule has 0 atom stereocenters. The van der Waals surface area contributed by atoms with E-state index in [1.807, 2.05) is 6.92 Å². The second-order valence-electron chi connectivity index (χ2n) is 3.78. The minimum Gasteiger partial charge on any atom is -0.412 e. The van der Waals surface area contributed by atoms with Crippen LogP contribution in [0.3, 0.4) is 0 Å². The van der Waals surface area contributed by atoms with E-state index in [-0.39, 0.29) is 35.8 Å². The van der Waals surface area contributed by atoms with Crippen LogP contribution in [0.2, 0.25) is 0 Å². The molecule has 7 heteroatoms. The second-order valence-corrected chi connectivity index (χ2v) is 3.78. The van der Waals surface area contributed by atoms with Gasteiger partial charge in [0.2, 0.25) is 0 Å². The van der Waals surface area contributed by atoms with E-state index in [1.165, 1.54) is 0 Å². The molecule has 5 nitrogen and oxygen atoms in total. The summed E-state index contributed by atoms with van der Waals surface area (Å²) in [6.45, 7) is 3.88. The summed E-state index contributed by atoms with van der Waals surface area (Å²) in [6, 6.07) is 1.63. The van der Waals surface area contributed by atoms with Gasteiger partial charge in [-0.1, -0.05) is 0 Å². The monoisotopic (exact) mass is 283 g/mol. The van der Waals surface area contributed by atoms with Crippen molar-refractivity contribution in [1.82, 2.24) is 15.3 Å². The molecule has 1 aliphatic rings. The first-order chi connectivity index (χ1) is 6.75. The lowest BCUT2D eigenvalue weighted by molar-refractivity contribution is 0.451. The Labute approximate surface area is 113 Å². The number of hydrogen-bond donors (Lipinski definition) is 2. The van der Waals surface area contributed by atoms with Crippen LogP contribution in [0.5, 0.6) is 0 Å². The second kappa shape index (κ2) is 8.47. The predicted molar refractivity (Wildman–Crippen MR) is 72.5 cm³/mol. The molecule has 2 heterocycles. The highest BCUT2D eigenvalue weighted by atomic mass is 35.5. The van der Waals surface area contributed by atoms with Crippen LogP contribution >= 0.6 is 24.8 Å². The van der Waals surface area contributed by atoms with E-state index in [0.717, 1.165) is 31.6 Å². The third-order valence-corrected chi connectivity index (χ3v) is 2.64. The normalized spacial score (nSPS) is 15.1. The van der Waals surface area contributed by atoms with Crippen molar-refractivity contribution in [2.24, 2.45) is 0 Å². The average Bonchev–Trinajstić information content (AvgIpc) is 2.18. The summed E-state index contributed by atoms with van der Waals surface area (Å²) in [5.41, 5.74) is 0.916. The minimum atomic E-state index is -0.0361. The molecule has 0 aromatic carbocycles. The number of piperidine rings is 1. The molecule has 0 aliphatic carbocycles. The lowest BCUT2D eigenvalue weighted by atomic mass is 9.94. The Balaban J connectivity index is 0. The van der Waals surface area contributed by atoms with Gasteiger partial charge in [-0.25, -0.2) is 4.98 Å². The molecule has 4 N–H and O–H groups in total. The average molecular weight is 284 g/mol. The standard InChI is InChI=1S/C10H15N3O.2ClH.H2O/c1-7-12-9(6-10(14)13-7)8-2-4-11-5-3-8;;;/h6,8,11H,2-5H2,1H3,(H,12,13,14);2*1H;1H2. The predicted octanol–water partition coefficient (Wildman–Crippen LogP) is 0.564. The summed E-state index contributed by atoms with van der Waals surface area (Å²) in [7, 11) is 0. The van der Waals surface area contributed by atoms with Gasteiger partial charge in [0, 0.05) is 12.0 Å². The summed E-state index contributed by atoms with van der Waals surface area (Å²) in [4.78, 5) is 18.3. The van der Waals surface area contributed by atoms with E-state index in [0.29, 0.717) is 11.7 Å². The Morgan fingerprint density at radius 1 is 1.29 bits per heavy atom. The maximum atomic E-state index is 11.2. The number of aromatic nitrogens is 2. The van der Waals surface area contributed by atoms with Crippen molar-refractivity contribution in [3.8, 4) is 0 Å². The molecule has 1 aliphatic heterocycles. The summed E-state index contributed by atoms with van der Waals surface area (Å²) >= 11 is 0. The molecule has 17 heavy (non-hydrogen) atoms. The van der Waals surface area contributed by atoms with Crippen LogP contribution in [0.15, 0.2) is 10.9 Å². The van der Waals surface area contributed by atoms with Crippen LogP contribution in [0.25, 0.3) is 0 Å². The van der Waals surface area contributed by atoms with Gasteiger partial charge in [-0.15, -0.1) is 24.8 Å². The van der Waals surface area contributed by atoms with Gasteiger partial charge in [0.1, 0.15) is 5.82 Å². The van der Waals surface area contributed by atoms with Crippen molar-refractivity contribution in [1.29, 1.82) is 0 Å². The topological polar surface area (TPSA) is 89.3 Å². The molecule has 0 saturated carbocycles. The molecule has 100 valence electrons. The van der Waals surface area contributed by atoms with Gasteiger partial charge in [0.15, 0.2) is 0 Å². The first-order valence-corrected chi connectivity index (χ1v) is 5.04. The third kappa shape index (κ3) is 5.04. The fraction of sp³-hybridized carbons (Fsp3) is 0.600.